The molecule has 4 N–H and O–H groups in total. The Morgan fingerprint density at radius 2 is 1.90 bits per heavy atom. The lowest BCUT2D eigenvalue weighted by Crippen LogP contribution is -2.45. The van der Waals surface area contributed by atoms with Crippen LogP contribution in [0.3, 0.4) is 0 Å². The van der Waals surface area contributed by atoms with Gasteiger partial charge in [0, 0.05) is 37.1 Å². The Hall–Kier alpha value is -3.74. The van der Waals surface area contributed by atoms with Crippen molar-refractivity contribution in [2.24, 2.45) is 4.99 Å². The van der Waals surface area contributed by atoms with Gasteiger partial charge in [-0.25, -0.2) is 15.0 Å². The fraction of sp³-hybridized carbons (Fsp3) is 0.464. The van der Waals surface area contributed by atoms with Crippen LogP contribution in [0.4, 0.5) is 11.6 Å². The molecule has 0 spiro atoms. The Morgan fingerprint density at radius 1 is 1.17 bits per heavy atom. The van der Waals surface area contributed by atoms with Crippen LogP contribution >= 0.6 is 11.6 Å². The maximum absolute atomic E-state index is 10.5. The van der Waals surface area contributed by atoms with Crippen molar-refractivity contribution in [3.05, 3.63) is 41.8 Å². The molecule has 1 aromatic carbocycles. The fourth-order valence-electron chi connectivity index (χ4n) is 5.29. The third-order valence-electron chi connectivity index (χ3n) is 7.45. The van der Waals surface area contributed by atoms with Crippen LogP contribution in [0, 0.1) is 5.41 Å². The van der Waals surface area contributed by atoms with Gasteiger partial charge in [-0.2, -0.15) is 0 Å². The molecule has 13 heteroatoms. The molecule has 218 valence electrons. The molecule has 41 heavy (non-hydrogen) atoms. The molecular weight excluding hydrogens is 546 g/mol. The second-order valence-electron chi connectivity index (χ2n) is 10.3. The third-order valence-corrected chi connectivity index (χ3v) is 7.76. The minimum absolute atomic E-state index is 0.0693. The minimum atomic E-state index is -0.184. The molecule has 2 aromatic heterocycles. The number of benzene rings is 1. The Balaban J connectivity index is 1.18. The first-order valence-electron chi connectivity index (χ1n) is 13.9. The van der Waals surface area contributed by atoms with Gasteiger partial charge in [0.25, 0.3) is 5.88 Å². The molecule has 0 bridgehead atoms. The number of anilines is 2. The minimum Gasteiger partial charge on any atom is -0.491 e. The average molecular weight is 582 g/mol. The number of morpholine rings is 1. The Bertz CT molecular complexity index is 1320. The Morgan fingerprint density at radius 3 is 2.63 bits per heavy atom. The normalized spacial score (nSPS) is 20.5. The number of hydrogen-bond donors (Lipinski definition) is 4. The number of halogens is 1. The van der Waals surface area contributed by atoms with Crippen molar-refractivity contribution in [3.8, 4) is 22.8 Å². The van der Waals surface area contributed by atoms with Crippen molar-refractivity contribution in [2.75, 3.05) is 38.2 Å². The van der Waals surface area contributed by atoms with Gasteiger partial charge >= 0.3 is 0 Å². The molecule has 1 saturated carbocycles. The third kappa shape index (κ3) is 7.51. The zero-order valence-corrected chi connectivity index (χ0v) is 23.8. The lowest BCUT2D eigenvalue weighted by atomic mass is 9.90. The number of hydrogen-bond acceptors (Lipinski definition) is 9. The van der Waals surface area contributed by atoms with Gasteiger partial charge in [-0.15, -0.1) is 5.10 Å². The lowest BCUT2D eigenvalue weighted by molar-refractivity contribution is 0.00504. The molecular formula is C28H36ClN9O3. The summed E-state index contributed by atoms with van der Waals surface area (Å²) in [5.74, 6) is 0.831. The summed E-state index contributed by atoms with van der Waals surface area (Å²) in [5.41, 5.74) is 2.12. The highest BCUT2D eigenvalue weighted by atomic mass is 35.5. The fourth-order valence-corrected chi connectivity index (χ4v) is 5.45. The van der Waals surface area contributed by atoms with Crippen molar-refractivity contribution in [1.29, 1.82) is 5.41 Å². The summed E-state index contributed by atoms with van der Waals surface area (Å²) >= 11 is 6.36. The first-order valence-corrected chi connectivity index (χ1v) is 14.3. The maximum Gasteiger partial charge on any atom is 0.254 e. The highest BCUT2D eigenvalue weighted by molar-refractivity contribution is 6.32. The molecule has 12 nitrogen and oxygen atoms in total. The van der Waals surface area contributed by atoms with E-state index in [-0.39, 0.29) is 18.0 Å². The molecule has 1 saturated heterocycles. The number of nitrogens with zero attached hydrogens (tertiary/aromatic N) is 6. The summed E-state index contributed by atoms with van der Waals surface area (Å²) in [6.45, 7) is 6.08. The molecule has 3 heterocycles. The number of aliphatic imine (C=N–C) groups is 1. The van der Waals surface area contributed by atoms with Gasteiger partial charge in [0.05, 0.1) is 43.4 Å². The first-order chi connectivity index (χ1) is 20.0. The van der Waals surface area contributed by atoms with Crippen molar-refractivity contribution in [2.45, 2.75) is 50.8 Å². The van der Waals surface area contributed by atoms with E-state index < -0.39 is 0 Å². The van der Waals surface area contributed by atoms with E-state index in [1.165, 1.54) is 6.34 Å². The molecule has 2 fully saturated rings. The number of nitrogens with one attached hydrogen (secondary N) is 3. The predicted octanol–water partition coefficient (Wildman–Crippen LogP) is 4.25. The van der Waals surface area contributed by atoms with Crippen LogP contribution in [0.25, 0.3) is 11.1 Å². The van der Waals surface area contributed by atoms with Crippen LogP contribution in [0.2, 0.25) is 5.02 Å². The largest absolute Gasteiger partial charge is 0.491 e. The van der Waals surface area contributed by atoms with Gasteiger partial charge in [0.2, 0.25) is 5.95 Å². The molecule has 0 unspecified atom stereocenters. The van der Waals surface area contributed by atoms with Crippen molar-refractivity contribution >= 4 is 35.9 Å². The summed E-state index contributed by atoms with van der Waals surface area (Å²) in [6, 6.07) is 6.36. The quantitative estimate of drug-likeness (QED) is 0.193. The summed E-state index contributed by atoms with van der Waals surface area (Å²) in [6.07, 6.45) is 11.7. The smallest absolute Gasteiger partial charge is 0.254 e. The van der Waals surface area contributed by atoms with Gasteiger partial charge < -0.3 is 25.2 Å². The van der Waals surface area contributed by atoms with Crippen LogP contribution in [0.1, 0.15) is 38.6 Å². The maximum atomic E-state index is 10.5. The van der Waals surface area contributed by atoms with Gasteiger partial charge in [-0.05, 0) is 50.3 Å². The van der Waals surface area contributed by atoms with E-state index in [4.69, 9.17) is 26.5 Å². The highest BCUT2D eigenvalue weighted by Crippen LogP contribution is 2.35. The Kier molecular flexibility index (Phi) is 9.65. The molecule has 2 aliphatic rings. The van der Waals surface area contributed by atoms with Crippen LogP contribution in [-0.4, -0.2) is 87.4 Å². The van der Waals surface area contributed by atoms with Crippen LogP contribution < -0.4 is 15.4 Å². The molecule has 5 rings (SSSR count). The van der Waals surface area contributed by atoms with Crippen molar-refractivity contribution < 1.29 is 14.6 Å². The standard InChI is InChI=1S/C28H36ClN9O3/c1-19(13-31-18-32-17-30)41-26-12-20(2-7-24(26)29)21-14-33-28(34-15-21)35-25-16-38(36-27(25)39)23-5-3-22(4-6-23)37-8-10-40-11-9-37/h2,7,12,14-19,22-23H,3-6,8-11,13H2,1H3,(H,36,39)(H2,30,31,32)(H,33,34,35)/t19-,22-,23-/m0/s1. The number of rotatable bonds is 11. The van der Waals surface area contributed by atoms with E-state index in [1.807, 2.05) is 29.9 Å². The molecule has 0 radical (unpaired) electrons. The van der Waals surface area contributed by atoms with E-state index in [9.17, 15) is 5.11 Å². The Labute approximate surface area is 244 Å². The first kappa shape index (κ1) is 28.8. The molecule has 0 amide bonds. The summed E-state index contributed by atoms with van der Waals surface area (Å²) in [7, 11) is 0. The highest BCUT2D eigenvalue weighted by Gasteiger charge is 2.28. The predicted molar refractivity (Wildman–Crippen MR) is 159 cm³/mol. The summed E-state index contributed by atoms with van der Waals surface area (Å²) in [5, 5.41) is 28.3. The molecule has 1 aliphatic heterocycles. The number of aromatic nitrogens is 4. The lowest BCUT2D eigenvalue weighted by Gasteiger charge is -2.38. The van der Waals surface area contributed by atoms with Gasteiger partial charge in [-0.1, -0.05) is 17.7 Å². The van der Waals surface area contributed by atoms with E-state index in [2.05, 4.69) is 35.6 Å². The van der Waals surface area contributed by atoms with Crippen LogP contribution in [-0.2, 0) is 4.74 Å². The number of ether oxygens (including phenoxy) is 2. The monoisotopic (exact) mass is 581 g/mol. The molecule has 1 aliphatic carbocycles. The number of aromatic hydroxyl groups is 1. The zero-order valence-electron chi connectivity index (χ0n) is 23.0. The van der Waals surface area contributed by atoms with Gasteiger partial charge in [-0.3, -0.25) is 15.0 Å². The van der Waals surface area contributed by atoms with Gasteiger partial charge in [0.15, 0.2) is 0 Å². The van der Waals surface area contributed by atoms with Crippen LogP contribution in [0.15, 0.2) is 41.8 Å². The topological polar surface area (TPSA) is 146 Å². The van der Waals surface area contributed by atoms with E-state index in [0.29, 0.717) is 35.0 Å². The van der Waals surface area contributed by atoms with Crippen molar-refractivity contribution in [3.63, 3.8) is 0 Å². The van der Waals surface area contributed by atoms with Crippen molar-refractivity contribution in [1.82, 2.24) is 30.0 Å². The zero-order chi connectivity index (χ0) is 28.6. The SMILES string of the molecule is C[C@@H](CN/C=N\C=N)Oc1cc(-c2cnc(Nc3cn([C@H]4CC[C@H](N5CCOCC5)CC4)nc3O)nc2)ccc1Cl. The van der Waals surface area contributed by atoms with Crippen LogP contribution in [0.5, 0.6) is 11.6 Å². The summed E-state index contributed by atoms with van der Waals surface area (Å²) in [4.78, 5) is 15.1. The average Bonchev–Trinajstić information content (AvgIpc) is 3.37. The van der Waals surface area contributed by atoms with E-state index >= 15 is 0 Å². The molecule has 1 atom stereocenters. The van der Waals surface area contributed by atoms with E-state index in [0.717, 1.165) is 69.5 Å². The second kappa shape index (κ2) is 13.7. The van der Waals surface area contributed by atoms with Gasteiger partial charge in [0.1, 0.15) is 23.9 Å². The van der Waals surface area contributed by atoms with E-state index in [1.54, 1.807) is 18.5 Å². The molecule has 3 aromatic rings. The second-order valence-corrected chi connectivity index (χ2v) is 10.7. The summed E-state index contributed by atoms with van der Waals surface area (Å²) < 4.78 is 13.3.